The Hall–Kier alpha value is -0.670. The third-order valence-electron chi connectivity index (χ3n) is 3.25. The van der Waals surface area contributed by atoms with Crippen molar-refractivity contribution < 1.29 is 13.6 Å². The Balaban J connectivity index is 1.69. The van der Waals surface area contributed by atoms with E-state index in [2.05, 4.69) is 5.32 Å². The van der Waals surface area contributed by atoms with Gasteiger partial charge in [-0.25, -0.2) is 8.78 Å². The summed E-state index contributed by atoms with van der Waals surface area (Å²) in [6, 6.07) is -0.0177. The molecule has 2 fully saturated rings. The van der Waals surface area contributed by atoms with Crippen LogP contribution in [0.15, 0.2) is 0 Å². The van der Waals surface area contributed by atoms with Crippen LogP contribution in [0.5, 0.6) is 0 Å². The normalized spacial score (nSPS) is 26.3. The van der Waals surface area contributed by atoms with Gasteiger partial charge in [-0.3, -0.25) is 4.79 Å². The molecule has 2 aliphatic carbocycles. The minimum absolute atomic E-state index is 0.0177. The summed E-state index contributed by atoms with van der Waals surface area (Å²) in [6.45, 7) is 0. The molecule has 2 saturated carbocycles. The van der Waals surface area contributed by atoms with E-state index in [0.717, 1.165) is 12.8 Å². The summed E-state index contributed by atoms with van der Waals surface area (Å²) in [6.07, 6.45) is 3.56. The first kappa shape index (κ1) is 10.8. The van der Waals surface area contributed by atoms with Gasteiger partial charge in [-0.05, 0) is 31.6 Å². The summed E-state index contributed by atoms with van der Waals surface area (Å²) >= 11 is 0. The largest absolute Gasteiger partial charge is 0.353 e. The van der Waals surface area contributed by atoms with Crippen molar-refractivity contribution in [2.24, 2.45) is 5.92 Å². The minimum Gasteiger partial charge on any atom is -0.353 e. The average molecular weight is 217 g/mol. The van der Waals surface area contributed by atoms with E-state index in [9.17, 15) is 13.6 Å². The molecule has 0 bridgehead atoms. The van der Waals surface area contributed by atoms with Crippen LogP contribution in [0.25, 0.3) is 0 Å². The van der Waals surface area contributed by atoms with Crippen LogP contribution < -0.4 is 5.32 Å². The molecule has 0 radical (unpaired) electrons. The van der Waals surface area contributed by atoms with Gasteiger partial charge in [0.2, 0.25) is 11.8 Å². The van der Waals surface area contributed by atoms with Crippen molar-refractivity contribution in [1.82, 2.24) is 5.32 Å². The van der Waals surface area contributed by atoms with Crippen LogP contribution in [0.1, 0.15) is 44.9 Å². The Bertz CT molecular complexity index is 241. The molecule has 0 unspecified atom stereocenters. The van der Waals surface area contributed by atoms with Gasteiger partial charge in [0, 0.05) is 25.3 Å². The first-order valence-corrected chi connectivity index (χ1v) is 5.72. The number of hydrogen-bond donors (Lipinski definition) is 1. The molecule has 0 aromatic heterocycles. The number of carbonyl (C=O) groups is 1. The van der Waals surface area contributed by atoms with E-state index in [0.29, 0.717) is 25.2 Å². The predicted molar refractivity (Wildman–Crippen MR) is 52.7 cm³/mol. The SMILES string of the molecule is O=C(CC1CC1)NC1CCC(F)(F)CC1. The van der Waals surface area contributed by atoms with Crippen molar-refractivity contribution in [3.63, 3.8) is 0 Å². The molecule has 0 heterocycles. The fraction of sp³-hybridized carbons (Fsp3) is 0.909. The highest BCUT2D eigenvalue weighted by Gasteiger charge is 2.35. The van der Waals surface area contributed by atoms with Crippen molar-refractivity contribution in [3.05, 3.63) is 0 Å². The summed E-state index contributed by atoms with van der Waals surface area (Å²) in [5.74, 6) is -1.89. The van der Waals surface area contributed by atoms with Crippen LogP contribution in [-0.2, 0) is 4.79 Å². The lowest BCUT2D eigenvalue weighted by molar-refractivity contribution is -0.123. The predicted octanol–water partition coefficient (Wildman–Crippen LogP) is 2.48. The van der Waals surface area contributed by atoms with Crippen molar-refractivity contribution >= 4 is 5.91 Å². The zero-order valence-corrected chi connectivity index (χ0v) is 8.77. The second-order valence-electron chi connectivity index (χ2n) is 4.85. The molecule has 0 saturated heterocycles. The van der Waals surface area contributed by atoms with E-state index in [4.69, 9.17) is 0 Å². The Morgan fingerprint density at radius 3 is 2.33 bits per heavy atom. The molecule has 0 spiro atoms. The average Bonchev–Trinajstić information content (AvgIpc) is 2.92. The topological polar surface area (TPSA) is 29.1 Å². The third kappa shape index (κ3) is 3.43. The first-order valence-electron chi connectivity index (χ1n) is 5.72. The number of amides is 1. The molecule has 2 aliphatic rings. The van der Waals surface area contributed by atoms with Gasteiger partial charge in [0.25, 0.3) is 0 Å². The van der Waals surface area contributed by atoms with Gasteiger partial charge < -0.3 is 5.32 Å². The number of halogens is 2. The molecule has 0 aromatic rings. The zero-order chi connectivity index (χ0) is 10.9. The van der Waals surface area contributed by atoms with E-state index in [1.165, 1.54) is 0 Å². The van der Waals surface area contributed by atoms with Crippen LogP contribution in [0.3, 0.4) is 0 Å². The number of rotatable bonds is 3. The quantitative estimate of drug-likeness (QED) is 0.773. The second-order valence-corrected chi connectivity index (χ2v) is 4.85. The lowest BCUT2D eigenvalue weighted by Crippen LogP contribution is -2.40. The van der Waals surface area contributed by atoms with Crippen LogP contribution in [0, 0.1) is 5.92 Å². The number of carbonyl (C=O) groups excluding carboxylic acids is 1. The Labute approximate surface area is 88.4 Å². The van der Waals surface area contributed by atoms with Gasteiger partial charge in [0.1, 0.15) is 0 Å². The van der Waals surface area contributed by atoms with Crippen LogP contribution in [0.4, 0.5) is 8.78 Å². The molecule has 0 aliphatic heterocycles. The maximum Gasteiger partial charge on any atom is 0.248 e. The van der Waals surface area contributed by atoms with Crippen molar-refractivity contribution in [3.8, 4) is 0 Å². The number of hydrogen-bond acceptors (Lipinski definition) is 1. The molecule has 1 amide bonds. The lowest BCUT2D eigenvalue weighted by Gasteiger charge is -2.28. The first-order chi connectivity index (χ1) is 7.05. The van der Waals surface area contributed by atoms with Gasteiger partial charge in [-0.15, -0.1) is 0 Å². The standard InChI is InChI=1S/C11H17F2NO/c12-11(13)5-3-9(4-6-11)14-10(15)7-8-1-2-8/h8-9H,1-7H2,(H,14,15). The van der Waals surface area contributed by atoms with Gasteiger partial charge in [-0.2, -0.15) is 0 Å². The van der Waals surface area contributed by atoms with E-state index in [1.807, 2.05) is 0 Å². The molecule has 86 valence electrons. The van der Waals surface area contributed by atoms with Gasteiger partial charge in [0.15, 0.2) is 0 Å². The molecular weight excluding hydrogens is 200 g/mol. The van der Waals surface area contributed by atoms with Crippen molar-refractivity contribution in [2.75, 3.05) is 0 Å². The summed E-state index contributed by atoms with van der Waals surface area (Å²) in [4.78, 5) is 11.4. The molecule has 4 heteroatoms. The maximum absolute atomic E-state index is 12.8. The fourth-order valence-corrected chi connectivity index (χ4v) is 2.06. The lowest BCUT2D eigenvalue weighted by atomic mass is 9.92. The summed E-state index contributed by atoms with van der Waals surface area (Å²) in [7, 11) is 0. The maximum atomic E-state index is 12.8. The van der Waals surface area contributed by atoms with E-state index in [-0.39, 0.29) is 24.8 Å². The van der Waals surface area contributed by atoms with Gasteiger partial charge in [0.05, 0.1) is 0 Å². The molecule has 1 N–H and O–H groups in total. The van der Waals surface area contributed by atoms with E-state index >= 15 is 0 Å². The molecule has 0 aromatic carbocycles. The van der Waals surface area contributed by atoms with Gasteiger partial charge >= 0.3 is 0 Å². The van der Waals surface area contributed by atoms with Crippen LogP contribution in [-0.4, -0.2) is 17.9 Å². The number of alkyl halides is 2. The van der Waals surface area contributed by atoms with E-state index < -0.39 is 5.92 Å². The minimum atomic E-state index is -2.50. The summed E-state index contributed by atoms with van der Waals surface area (Å²) < 4.78 is 25.6. The molecule has 0 atom stereocenters. The van der Waals surface area contributed by atoms with Gasteiger partial charge in [-0.1, -0.05) is 0 Å². The Kier molecular flexibility index (Phi) is 2.94. The van der Waals surface area contributed by atoms with Crippen LogP contribution >= 0.6 is 0 Å². The zero-order valence-electron chi connectivity index (χ0n) is 8.77. The molecule has 2 nitrogen and oxygen atoms in total. The fourth-order valence-electron chi connectivity index (χ4n) is 2.06. The third-order valence-corrected chi connectivity index (χ3v) is 3.25. The summed E-state index contributed by atoms with van der Waals surface area (Å²) in [5, 5.41) is 2.86. The van der Waals surface area contributed by atoms with Crippen molar-refractivity contribution in [1.29, 1.82) is 0 Å². The van der Waals surface area contributed by atoms with E-state index in [1.54, 1.807) is 0 Å². The Morgan fingerprint density at radius 1 is 1.20 bits per heavy atom. The molecule has 2 rings (SSSR count). The smallest absolute Gasteiger partial charge is 0.248 e. The highest BCUT2D eigenvalue weighted by molar-refractivity contribution is 5.76. The Morgan fingerprint density at radius 2 is 1.80 bits per heavy atom. The summed E-state index contributed by atoms with van der Waals surface area (Å²) in [5.41, 5.74) is 0. The highest BCUT2D eigenvalue weighted by atomic mass is 19.3. The van der Waals surface area contributed by atoms with Crippen molar-refractivity contribution in [2.45, 2.75) is 56.9 Å². The highest BCUT2D eigenvalue weighted by Crippen LogP contribution is 2.34. The second kappa shape index (κ2) is 4.06. The molecule has 15 heavy (non-hydrogen) atoms. The monoisotopic (exact) mass is 217 g/mol. The van der Waals surface area contributed by atoms with Crippen LogP contribution in [0.2, 0.25) is 0 Å². The number of nitrogens with one attached hydrogen (secondary N) is 1. The molecular formula is C11H17F2NO.